The van der Waals surface area contributed by atoms with Gasteiger partial charge < -0.3 is 10.6 Å². The van der Waals surface area contributed by atoms with Gasteiger partial charge in [-0.1, -0.05) is 29.6 Å². The summed E-state index contributed by atoms with van der Waals surface area (Å²) in [6.07, 6.45) is 5.01. The summed E-state index contributed by atoms with van der Waals surface area (Å²) in [5.41, 5.74) is 0.412. The Kier molecular flexibility index (Phi) is 4.83. The number of anilines is 1. The number of nitrogens with one attached hydrogen (secondary N) is 2. The lowest BCUT2D eigenvalue weighted by Crippen LogP contribution is -2.45. The molecule has 3 rings (SSSR count). The van der Waals surface area contributed by atoms with Gasteiger partial charge in [0.05, 0.1) is 0 Å². The highest BCUT2D eigenvalue weighted by molar-refractivity contribution is 6.40. The number of carbonyl (C=O) groups is 2. The van der Waals surface area contributed by atoms with E-state index in [1.807, 2.05) is 6.92 Å². The van der Waals surface area contributed by atoms with Crippen LogP contribution in [0.3, 0.4) is 0 Å². The highest BCUT2D eigenvalue weighted by atomic mass is 35.5. The average molecular weight is 355 g/mol. The van der Waals surface area contributed by atoms with Crippen molar-refractivity contribution in [2.24, 2.45) is 17.8 Å². The summed E-state index contributed by atoms with van der Waals surface area (Å²) in [6, 6.07) is 4.69. The maximum Gasteiger partial charge on any atom is 0.313 e. The molecule has 4 nitrogen and oxygen atoms in total. The van der Waals surface area contributed by atoms with Crippen LogP contribution in [0.25, 0.3) is 0 Å². The van der Waals surface area contributed by atoms with Gasteiger partial charge >= 0.3 is 11.8 Å². The molecule has 0 aliphatic heterocycles. The van der Waals surface area contributed by atoms with E-state index in [9.17, 15) is 9.59 Å². The van der Waals surface area contributed by atoms with Crippen LogP contribution in [0.2, 0.25) is 10.0 Å². The smallest absolute Gasteiger partial charge is 0.313 e. The third-order valence-corrected chi connectivity index (χ3v) is 5.56. The van der Waals surface area contributed by atoms with Crippen molar-refractivity contribution in [1.29, 1.82) is 0 Å². The van der Waals surface area contributed by atoms with E-state index in [4.69, 9.17) is 23.2 Å². The van der Waals surface area contributed by atoms with Crippen LogP contribution in [0, 0.1) is 17.8 Å². The molecule has 2 bridgehead atoms. The van der Waals surface area contributed by atoms with Crippen molar-refractivity contribution in [3.05, 3.63) is 28.2 Å². The molecule has 0 aromatic heterocycles. The van der Waals surface area contributed by atoms with Gasteiger partial charge in [-0.3, -0.25) is 9.59 Å². The standard InChI is InChI=1S/C17H20Cl2N2O2/c1-9(15-5-10-2-3-11(15)4-10)20-16(22)17(23)21-14-7-12(18)6-13(19)8-14/h6-11,15H,2-5H2,1H3,(H,20,22)(H,21,23). The molecule has 2 fully saturated rings. The summed E-state index contributed by atoms with van der Waals surface area (Å²) in [4.78, 5) is 24.1. The van der Waals surface area contributed by atoms with Gasteiger partial charge in [0.15, 0.2) is 0 Å². The number of rotatable bonds is 3. The number of fused-ring (bicyclic) bond motifs is 2. The zero-order valence-electron chi connectivity index (χ0n) is 12.9. The minimum absolute atomic E-state index is 0.0199. The minimum Gasteiger partial charge on any atom is -0.345 e. The maximum absolute atomic E-state index is 12.1. The Hall–Kier alpha value is -1.26. The molecule has 23 heavy (non-hydrogen) atoms. The monoisotopic (exact) mass is 354 g/mol. The van der Waals surface area contributed by atoms with Gasteiger partial charge in [0, 0.05) is 21.8 Å². The molecule has 1 aromatic carbocycles. The maximum atomic E-state index is 12.1. The van der Waals surface area contributed by atoms with E-state index in [0.29, 0.717) is 27.6 Å². The summed E-state index contributed by atoms with van der Waals surface area (Å²) in [6.45, 7) is 1.99. The predicted molar refractivity (Wildman–Crippen MR) is 91.6 cm³/mol. The first-order valence-corrected chi connectivity index (χ1v) is 8.76. The molecule has 4 unspecified atom stereocenters. The zero-order chi connectivity index (χ0) is 16.6. The van der Waals surface area contributed by atoms with Crippen LogP contribution in [-0.4, -0.2) is 17.9 Å². The predicted octanol–water partition coefficient (Wildman–Crippen LogP) is 3.87. The highest BCUT2D eigenvalue weighted by Gasteiger charge is 2.42. The van der Waals surface area contributed by atoms with Gasteiger partial charge in [-0.25, -0.2) is 0 Å². The van der Waals surface area contributed by atoms with Gasteiger partial charge in [0.1, 0.15) is 0 Å². The summed E-state index contributed by atoms with van der Waals surface area (Å²) in [5, 5.41) is 6.18. The van der Waals surface area contributed by atoms with E-state index in [1.165, 1.54) is 19.3 Å². The normalized spacial score (nSPS) is 26.8. The fourth-order valence-corrected chi connectivity index (χ4v) is 4.63. The first-order chi connectivity index (χ1) is 10.9. The van der Waals surface area contributed by atoms with E-state index in [0.717, 1.165) is 12.3 Å². The van der Waals surface area contributed by atoms with Crippen LogP contribution in [0.15, 0.2) is 18.2 Å². The van der Waals surface area contributed by atoms with E-state index in [-0.39, 0.29) is 6.04 Å². The van der Waals surface area contributed by atoms with Crippen molar-refractivity contribution in [2.45, 2.75) is 38.6 Å². The molecular weight excluding hydrogens is 335 g/mol. The summed E-state index contributed by atoms with van der Waals surface area (Å²) >= 11 is 11.8. The second-order valence-corrected chi connectivity index (χ2v) is 7.59. The quantitative estimate of drug-likeness (QED) is 0.809. The van der Waals surface area contributed by atoms with Crippen molar-refractivity contribution in [3.63, 3.8) is 0 Å². The SMILES string of the molecule is CC(NC(=O)C(=O)Nc1cc(Cl)cc(Cl)c1)C1CC2CCC1C2. The molecule has 2 aliphatic rings. The van der Waals surface area contributed by atoms with E-state index in [1.54, 1.807) is 18.2 Å². The fourth-order valence-electron chi connectivity index (χ4n) is 4.10. The fraction of sp³-hybridized carbons (Fsp3) is 0.529. The van der Waals surface area contributed by atoms with Crippen LogP contribution < -0.4 is 10.6 Å². The molecular formula is C17H20Cl2N2O2. The molecule has 0 saturated heterocycles. The van der Waals surface area contributed by atoms with Crippen molar-refractivity contribution in [2.75, 3.05) is 5.32 Å². The number of hydrogen-bond acceptors (Lipinski definition) is 2. The third kappa shape index (κ3) is 3.81. The molecule has 6 heteroatoms. The molecule has 0 heterocycles. The second kappa shape index (κ2) is 6.70. The third-order valence-electron chi connectivity index (χ3n) is 5.12. The van der Waals surface area contributed by atoms with Gasteiger partial charge in [-0.05, 0) is 62.1 Å². The first-order valence-electron chi connectivity index (χ1n) is 8.00. The molecule has 2 amide bonds. The van der Waals surface area contributed by atoms with Crippen molar-refractivity contribution >= 4 is 40.7 Å². The summed E-state index contributed by atoms with van der Waals surface area (Å²) in [7, 11) is 0. The molecule has 2 aliphatic carbocycles. The minimum atomic E-state index is -0.696. The van der Waals surface area contributed by atoms with Crippen LogP contribution in [0.1, 0.15) is 32.6 Å². The first kappa shape index (κ1) is 16.6. The largest absolute Gasteiger partial charge is 0.345 e. The lowest BCUT2D eigenvalue weighted by atomic mass is 9.84. The topological polar surface area (TPSA) is 58.2 Å². The number of benzene rings is 1. The number of hydrogen-bond donors (Lipinski definition) is 2. The van der Waals surface area contributed by atoms with E-state index in [2.05, 4.69) is 10.6 Å². The van der Waals surface area contributed by atoms with Crippen molar-refractivity contribution in [1.82, 2.24) is 5.32 Å². The Morgan fingerprint density at radius 1 is 1.09 bits per heavy atom. The molecule has 2 saturated carbocycles. The summed E-state index contributed by atoms with van der Waals surface area (Å²) < 4.78 is 0. The van der Waals surface area contributed by atoms with Gasteiger partial charge in [0.25, 0.3) is 0 Å². The summed E-state index contributed by atoms with van der Waals surface area (Å²) in [5.74, 6) is 0.692. The molecule has 124 valence electrons. The molecule has 1 aromatic rings. The van der Waals surface area contributed by atoms with Gasteiger partial charge in [-0.15, -0.1) is 0 Å². The number of halogens is 2. The van der Waals surface area contributed by atoms with Crippen LogP contribution >= 0.6 is 23.2 Å². The van der Waals surface area contributed by atoms with Crippen molar-refractivity contribution < 1.29 is 9.59 Å². The highest BCUT2D eigenvalue weighted by Crippen LogP contribution is 2.49. The lowest BCUT2D eigenvalue weighted by Gasteiger charge is -2.28. The second-order valence-electron chi connectivity index (χ2n) is 6.71. The average Bonchev–Trinajstić information content (AvgIpc) is 3.08. The Morgan fingerprint density at radius 3 is 2.35 bits per heavy atom. The molecule has 2 N–H and O–H groups in total. The lowest BCUT2D eigenvalue weighted by molar-refractivity contribution is -0.136. The van der Waals surface area contributed by atoms with Crippen LogP contribution in [-0.2, 0) is 9.59 Å². The van der Waals surface area contributed by atoms with E-state index < -0.39 is 11.8 Å². The Morgan fingerprint density at radius 2 is 1.78 bits per heavy atom. The number of carbonyl (C=O) groups excluding carboxylic acids is 2. The van der Waals surface area contributed by atoms with Crippen LogP contribution in [0.5, 0.6) is 0 Å². The molecule has 4 atom stereocenters. The van der Waals surface area contributed by atoms with Crippen LogP contribution in [0.4, 0.5) is 5.69 Å². The number of amides is 2. The van der Waals surface area contributed by atoms with Gasteiger partial charge in [0.2, 0.25) is 0 Å². The molecule has 0 radical (unpaired) electrons. The molecule has 0 spiro atoms. The zero-order valence-corrected chi connectivity index (χ0v) is 14.5. The Labute approximate surface area is 145 Å². The Balaban J connectivity index is 1.56. The van der Waals surface area contributed by atoms with Gasteiger partial charge in [-0.2, -0.15) is 0 Å². The van der Waals surface area contributed by atoms with Crippen molar-refractivity contribution in [3.8, 4) is 0 Å². The Bertz CT molecular complexity index is 615. The van der Waals surface area contributed by atoms with E-state index >= 15 is 0 Å².